The highest BCUT2D eigenvalue weighted by molar-refractivity contribution is 7.84. The Bertz CT molecular complexity index is 427. The van der Waals surface area contributed by atoms with Gasteiger partial charge in [-0.2, -0.15) is 9.97 Å². The Labute approximate surface area is 117 Å². The lowest BCUT2D eigenvalue weighted by molar-refractivity contribution is 0.678. The van der Waals surface area contributed by atoms with Crippen LogP contribution in [0.4, 0.5) is 17.6 Å². The minimum absolute atomic E-state index is 0.192. The van der Waals surface area contributed by atoms with Gasteiger partial charge in [-0.05, 0) is 19.8 Å². The normalized spacial score (nSPS) is 13.8. The second-order valence-electron chi connectivity index (χ2n) is 4.53. The number of nitrogens with one attached hydrogen (secondary N) is 2. The third-order valence-electron chi connectivity index (χ3n) is 2.53. The van der Waals surface area contributed by atoms with Gasteiger partial charge in [0.15, 0.2) is 0 Å². The quantitative estimate of drug-likeness (QED) is 0.669. The fourth-order valence-corrected chi connectivity index (χ4v) is 2.24. The number of nitrogens with zero attached hydrogens (tertiary/aromatic N) is 2. The van der Waals surface area contributed by atoms with E-state index in [2.05, 4.69) is 27.5 Å². The first-order valence-electron chi connectivity index (χ1n) is 6.46. The van der Waals surface area contributed by atoms with Gasteiger partial charge in [0, 0.05) is 41.5 Å². The highest BCUT2D eigenvalue weighted by atomic mass is 32.2. The van der Waals surface area contributed by atoms with Crippen molar-refractivity contribution in [3.63, 3.8) is 0 Å². The van der Waals surface area contributed by atoms with Crippen molar-refractivity contribution in [3.8, 4) is 0 Å². The molecule has 7 heteroatoms. The Balaban J connectivity index is 2.61. The summed E-state index contributed by atoms with van der Waals surface area (Å²) in [6.45, 7) is 4.97. The summed E-state index contributed by atoms with van der Waals surface area (Å²) < 4.78 is 11.1. The highest BCUT2D eigenvalue weighted by Gasteiger charge is 2.07. The Morgan fingerprint density at radius 1 is 1.42 bits per heavy atom. The van der Waals surface area contributed by atoms with Gasteiger partial charge < -0.3 is 16.4 Å². The van der Waals surface area contributed by atoms with Crippen LogP contribution in [0.2, 0.25) is 0 Å². The van der Waals surface area contributed by atoms with Gasteiger partial charge >= 0.3 is 0 Å². The van der Waals surface area contributed by atoms with Crippen molar-refractivity contribution < 1.29 is 4.21 Å². The molecule has 0 fully saturated rings. The van der Waals surface area contributed by atoms with E-state index in [1.165, 1.54) is 0 Å². The van der Waals surface area contributed by atoms with Crippen LogP contribution < -0.4 is 16.4 Å². The maximum Gasteiger partial charge on any atom is 0.223 e. The predicted molar refractivity (Wildman–Crippen MR) is 81.9 cm³/mol. The number of rotatable bonds is 8. The topological polar surface area (TPSA) is 92.9 Å². The zero-order chi connectivity index (χ0) is 14.3. The van der Waals surface area contributed by atoms with Crippen LogP contribution >= 0.6 is 0 Å². The minimum Gasteiger partial charge on any atom is -0.370 e. The van der Waals surface area contributed by atoms with Crippen molar-refractivity contribution in [3.05, 3.63) is 6.07 Å². The Kier molecular flexibility index (Phi) is 6.55. The molecule has 6 nitrogen and oxygen atoms in total. The monoisotopic (exact) mass is 285 g/mol. The lowest BCUT2D eigenvalue weighted by Gasteiger charge is -2.15. The molecule has 1 heterocycles. The fraction of sp³-hybridized carbons (Fsp3) is 0.667. The zero-order valence-electron chi connectivity index (χ0n) is 11.8. The van der Waals surface area contributed by atoms with Crippen molar-refractivity contribution in [2.75, 3.05) is 34.9 Å². The molecular weight excluding hydrogens is 262 g/mol. The molecule has 0 saturated heterocycles. The number of anilines is 3. The van der Waals surface area contributed by atoms with Crippen molar-refractivity contribution in [2.24, 2.45) is 0 Å². The van der Waals surface area contributed by atoms with E-state index in [1.807, 2.05) is 13.0 Å². The average molecular weight is 285 g/mol. The molecule has 0 radical (unpaired) electrons. The van der Waals surface area contributed by atoms with Crippen LogP contribution in [0.3, 0.4) is 0 Å². The lowest BCUT2D eigenvalue weighted by atomic mass is 10.2. The molecule has 0 aromatic carbocycles. The van der Waals surface area contributed by atoms with E-state index in [0.29, 0.717) is 11.6 Å². The molecule has 1 rings (SSSR count). The van der Waals surface area contributed by atoms with Crippen LogP contribution in [0.5, 0.6) is 0 Å². The number of nitrogens with two attached hydrogens (primary N) is 1. The third-order valence-corrected chi connectivity index (χ3v) is 3.34. The van der Waals surface area contributed by atoms with E-state index in [0.717, 1.165) is 25.2 Å². The van der Waals surface area contributed by atoms with Crippen LogP contribution in [-0.2, 0) is 10.8 Å². The Morgan fingerprint density at radius 3 is 2.74 bits per heavy atom. The molecule has 0 aliphatic carbocycles. The van der Waals surface area contributed by atoms with E-state index in [9.17, 15) is 4.21 Å². The number of aromatic nitrogens is 2. The van der Waals surface area contributed by atoms with Crippen molar-refractivity contribution in [2.45, 2.75) is 32.7 Å². The van der Waals surface area contributed by atoms with Gasteiger partial charge in [0.2, 0.25) is 5.95 Å². The molecule has 4 N–H and O–H groups in total. The van der Waals surface area contributed by atoms with E-state index >= 15 is 0 Å². The summed E-state index contributed by atoms with van der Waals surface area (Å²) in [5, 5.41) is 6.43. The van der Waals surface area contributed by atoms with Crippen LogP contribution in [-0.4, -0.2) is 38.8 Å². The highest BCUT2D eigenvalue weighted by Crippen LogP contribution is 2.14. The molecule has 108 valence electrons. The van der Waals surface area contributed by atoms with Gasteiger partial charge in [0.25, 0.3) is 0 Å². The van der Waals surface area contributed by atoms with E-state index in [-0.39, 0.29) is 12.0 Å². The first kappa shape index (κ1) is 15.7. The van der Waals surface area contributed by atoms with Crippen molar-refractivity contribution >= 4 is 28.4 Å². The summed E-state index contributed by atoms with van der Waals surface area (Å²) in [6.07, 6.45) is 3.55. The second-order valence-corrected chi connectivity index (χ2v) is 6.09. The lowest BCUT2D eigenvalue weighted by Crippen LogP contribution is -2.19. The zero-order valence-corrected chi connectivity index (χ0v) is 12.6. The summed E-state index contributed by atoms with van der Waals surface area (Å²) in [4.78, 5) is 8.27. The summed E-state index contributed by atoms with van der Waals surface area (Å²) in [6, 6.07) is 2.03. The maximum atomic E-state index is 11.1. The van der Waals surface area contributed by atoms with E-state index < -0.39 is 10.8 Å². The summed E-state index contributed by atoms with van der Waals surface area (Å²) in [5.74, 6) is 2.34. The molecule has 0 spiro atoms. The number of hydrogen-bond acceptors (Lipinski definition) is 6. The number of hydrogen-bond donors (Lipinski definition) is 3. The molecule has 1 aromatic rings. The second kappa shape index (κ2) is 7.93. The molecule has 0 amide bonds. The fourth-order valence-electron chi connectivity index (χ4n) is 1.55. The first-order valence-corrected chi connectivity index (χ1v) is 8.19. The Hall–Kier alpha value is -1.37. The van der Waals surface area contributed by atoms with Gasteiger partial charge in [-0.15, -0.1) is 0 Å². The van der Waals surface area contributed by atoms with Crippen molar-refractivity contribution in [1.29, 1.82) is 0 Å². The summed E-state index contributed by atoms with van der Waals surface area (Å²) >= 11 is 0. The van der Waals surface area contributed by atoms with E-state index in [1.54, 1.807) is 6.26 Å². The van der Waals surface area contributed by atoms with Crippen molar-refractivity contribution in [1.82, 2.24) is 9.97 Å². The van der Waals surface area contributed by atoms with Gasteiger partial charge in [-0.3, -0.25) is 4.21 Å². The van der Waals surface area contributed by atoms with Gasteiger partial charge in [-0.1, -0.05) is 6.92 Å². The number of nitrogen functional groups attached to an aromatic ring is 1. The Morgan fingerprint density at radius 2 is 2.11 bits per heavy atom. The van der Waals surface area contributed by atoms with Gasteiger partial charge in [0.05, 0.1) is 0 Å². The molecule has 19 heavy (non-hydrogen) atoms. The maximum absolute atomic E-state index is 11.1. The average Bonchev–Trinajstić information content (AvgIpc) is 2.33. The SMILES string of the molecule is CCCNc1cc(NC(C)CCS(C)=O)nc(N)n1. The first-order chi connectivity index (χ1) is 9.01. The molecule has 2 unspecified atom stereocenters. The standard InChI is InChI=1S/C12H23N5OS/c1-4-6-14-10-8-11(17-12(13)16-10)15-9(2)5-7-19(3)18/h8-9H,4-7H2,1-3H3,(H4,13,14,15,16,17). The molecular formula is C12H23N5OS. The van der Waals surface area contributed by atoms with Crippen LogP contribution in [0.1, 0.15) is 26.7 Å². The van der Waals surface area contributed by atoms with Crippen LogP contribution in [0, 0.1) is 0 Å². The third kappa shape index (κ3) is 6.37. The van der Waals surface area contributed by atoms with E-state index in [4.69, 9.17) is 5.73 Å². The molecule has 0 aliphatic rings. The minimum atomic E-state index is -0.767. The molecule has 2 atom stereocenters. The van der Waals surface area contributed by atoms with Crippen LogP contribution in [0.15, 0.2) is 6.07 Å². The molecule has 0 saturated carbocycles. The van der Waals surface area contributed by atoms with Crippen LogP contribution in [0.25, 0.3) is 0 Å². The molecule has 1 aromatic heterocycles. The van der Waals surface area contributed by atoms with Gasteiger partial charge in [0.1, 0.15) is 11.6 Å². The summed E-state index contributed by atoms with van der Waals surface area (Å²) in [5.41, 5.74) is 5.68. The summed E-state index contributed by atoms with van der Waals surface area (Å²) in [7, 11) is -0.767. The largest absolute Gasteiger partial charge is 0.370 e. The predicted octanol–water partition coefficient (Wildman–Crippen LogP) is 1.45. The molecule has 0 aliphatic heterocycles. The smallest absolute Gasteiger partial charge is 0.223 e. The molecule has 0 bridgehead atoms. The van der Waals surface area contributed by atoms with Gasteiger partial charge in [-0.25, -0.2) is 0 Å².